The Morgan fingerprint density at radius 2 is 1.97 bits per heavy atom. The van der Waals surface area contributed by atoms with Crippen LogP contribution in [0.1, 0.15) is 29.6 Å². The van der Waals surface area contributed by atoms with Crippen molar-refractivity contribution in [3.63, 3.8) is 0 Å². The number of hydrogen-bond donors (Lipinski definition) is 1. The maximum atomic E-state index is 14.0. The smallest absolute Gasteiger partial charge is 0.259 e. The lowest BCUT2D eigenvalue weighted by molar-refractivity contribution is 0.0765. The summed E-state index contributed by atoms with van der Waals surface area (Å²) in [4.78, 5) is 32.1. The number of benzene rings is 1. The summed E-state index contributed by atoms with van der Waals surface area (Å²) in [5, 5.41) is 4.48. The molecule has 2 aliphatic rings. The first-order valence-corrected chi connectivity index (χ1v) is 11.0. The maximum absolute atomic E-state index is 14.0. The van der Waals surface area contributed by atoms with E-state index in [1.165, 1.54) is 0 Å². The molecule has 0 radical (unpaired) electrons. The second-order valence-electron chi connectivity index (χ2n) is 8.64. The number of carbonyl (C=O) groups excluding carboxylic acids is 1. The molecule has 8 nitrogen and oxygen atoms in total. The molecule has 1 N–H and O–H groups in total. The van der Waals surface area contributed by atoms with E-state index >= 15 is 0 Å². The van der Waals surface area contributed by atoms with Crippen molar-refractivity contribution in [3.8, 4) is 0 Å². The third kappa shape index (κ3) is 3.09. The number of carbonyl (C=O) groups is 1. The first-order valence-electron chi connectivity index (χ1n) is 11.0. The number of anilines is 1. The monoisotopic (exact) mass is 415 g/mol. The Hall–Kier alpha value is -3.26. The molecule has 1 saturated heterocycles. The van der Waals surface area contributed by atoms with Crippen LogP contribution >= 0.6 is 0 Å². The van der Waals surface area contributed by atoms with Crippen LogP contribution in [0.2, 0.25) is 0 Å². The van der Waals surface area contributed by atoms with Crippen LogP contribution in [0.3, 0.4) is 0 Å². The lowest BCUT2D eigenvalue weighted by Gasteiger charge is -2.23. The highest BCUT2D eigenvalue weighted by atomic mass is 16.2. The van der Waals surface area contributed by atoms with E-state index in [0.29, 0.717) is 23.8 Å². The van der Waals surface area contributed by atoms with Crippen molar-refractivity contribution in [1.29, 1.82) is 0 Å². The van der Waals surface area contributed by atoms with E-state index in [1.54, 1.807) is 6.33 Å². The number of hydrogen-bond acceptors (Lipinski definition) is 6. The molecule has 1 saturated carbocycles. The fourth-order valence-electron chi connectivity index (χ4n) is 4.52. The van der Waals surface area contributed by atoms with Crippen LogP contribution in [0.15, 0.2) is 36.8 Å². The minimum absolute atomic E-state index is 0.0320. The predicted molar refractivity (Wildman–Crippen MR) is 120 cm³/mol. The maximum Gasteiger partial charge on any atom is 0.259 e. The minimum Gasteiger partial charge on any atom is -0.381 e. The van der Waals surface area contributed by atoms with E-state index in [4.69, 9.17) is 4.98 Å². The van der Waals surface area contributed by atoms with Gasteiger partial charge in [0.05, 0.1) is 22.1 Å². The molecule has 2 fully saturated rings. The zero-order chi connectivity index (χ0) is 20.9. The second kappa shape index (κ2) is 7.16. The number of likely N-dealkylation sites (N-methyl/N-ethyl adjacent to an activating group) is 1. The normalized spacial score (nSPS) is 18.0. The molecule has 31 heavy (non-hydrogen) atoms. The number of amides is 1. The molecule has 4 heterocycles. The number of nitrogens with one attached hydrogen (secondary N) is 1. The van der Waals surface area contributed by atoms with E-state index in [1.807, 2.05) is 39.8 Å². The van der Waals surface area contributed by atoms with Gasteiger partial charge in [-0.1, -0.05) is 12.1 Å². The van der Waals surface area contributed by atoms with Crippen LogP contribution in [0, 0.1) is 0 Å². The summed E-state index contributed by atoms with van der Waals surface area (Å²) in [6.45, 7) is 3.35. The summed E-state index contributed by atoms with van der Waals surface area (Å²) in [6, 6.07) is 8.36. The number of rotatable bonds is 3. The van der Waals surface area contributed by atoms with Crippen molar-refractivity contribution in [3.05, 3.63) is 42.4 Å². The molecule has 1 aromatic carbocycles. The quantitative estimate of drug-likeness (QED) is 0.554. The summed E-state index contributed by atoms with van der Waals surface area (Å²) >= 11 is 0. The van der Waals surface area contributed by atoms with E-state index in [2.05, 4.69) is 27.2 Å². The third-order valence-corrected chi connectivity index (χ3v) is 6.35. The van der Waals surface area contributed by atoms with Gasteiger partial charge in [0.2, 0.25) is 0 Å². The second-order valence-corrected chi connectivity index (χ2v) is 8.64. The van der Waals surface area contributed by atoms with Crippen LogP contribution < -0.4 is 5.32 Å². The first kappa shape index (κ1) is 18.5. The van der Waals surface area contributed by atoms with Crippen molar-refractivity contribution >= 4 is 39.3 Å². The molecule has 0 bridgehead atoms. The standard InChI is InChI=1S/C23H25N7O/c1-28-9-4-10-29(12-11-28)23(31)19-20(26-15-7-8-15)16-13-24-14-25-21(16)30-18-6-3-2-5-17(18)27-22(19)30/h2-3,5-6,13-15,26H,4,7-12H2,1H3. The Balaban J connectivity index is 1.64. The number of imidazole rings is 1. The largest absolute Gasteiger partial charge is 0.381 e. The van der Waals surface area contributed by atoms with Gasteiger partial charge in [0, 0.05) is 31.9 Å². The highest BCUT2D eigenvalue weighted by molar-refractivity contribution is 6.13. The number of para-hydroxylation sites is 2. The highest BCUT2D eigenvalue weighted by Crippen LogP contribution is 2.36. The fraction of sp³-hybridized carbons (Fsp3) is 0.391. The van der Waals surface area contributed by atoms with Gasteiger partial charge in [0.15, 0.2) is 11.3 Å². The average Bonchev–Trinajstić information content (AvgIpc) is 3.56. The molecule has 1 aliphatic carbocycles. The summed E-state index contributed by atoms with van der Waals surface area (Å²) in [5.74, 6) is 0.0320. The van der Waals surface area contributed by atoms with Crippen molar-refractivity contribution in [2.75, 3.05) is 38.5 Å². The number of fused-ring (bicyclic) bond motifs is 5. The molecule has 0 spiro atoms. The number of pyridine rings is 1. The Morgan fingerprint density at radius 3 is 2.84 bits per heavy atom. The summed E-state index contributed by atoms with van der Waals surface area (Å²) in [7, 11) is 2.11. The zero-order valence-electron chi connectivity index (χ0n) is 17.6. The van der Waals surface area contributed by atoms with Crippen LogP contribution in [-0.4, -0.2) is 74.3 Å². The molecule has 1 aliphatic heterocycles. The predicted octanol–water partition coefficient (Wildman–Crippen LogP) is 2.78. The van der Waals surface area contributed by atoms with Gasteiger partial charge in [-0.15, -0.1) is 0 Å². The van der Waals surface area contributed by atoms with Crippen LogP contribution in [-0.2, 0) is 0 Å². The summed E-state index contributed by atoms with van der Waals surface area (Å²) < 4.78 is 2.02. The topological polar surface area (TPSA) is 78.7 Å². The number of nitrogens with zero attached hydrogens (tertiary/aromatic N) is 6. The molecule has 158 valence electrons. The molecule has 0 atom stereocenters. The summed E-state index contributed by atoms with van der Waals surface area (Å²) in [5.41, 5.74) is 4.70. The Bertz CT molecular complexity index is 1310. The lowest BCUT2D eigenvalue weighted by Crippen LogP contribution is -2.35. The summed E-state index contributed by atoms with van der Waals surface area (Å²) in [6.07, 6.45) is 6.56. The van der Waals surface area contributed by atoms with Gasteiger partial charge in [0.25, 0.3) is 5.91 Å². The van der Waals surface area contributed by atoms with Gasteiger partial charge in [-0.2, -0.15) is 0 Å². The molecule has 4 aromatic rings. The molecule has 1 amide bonds. The van der Waals surface area contributed by atoms with Crippen molar-refractivity contribution in [2.45, 2.75) is 25.3 Å². The van der Waals surface area contributed by atoms with Crippen LogP contribution in [0.25, 0.3) is 27.7 Å². The Kier molecular flexibility index (Phi) is 4.27. The minimum atomic E-state index is 0.0320. The van der Waals surface area contributed by atoms with Gasteiger partial charge in [0.1, 0.15) is 11.9 Å². The van der Waals surface area contributed by atoms with Gasteiger partial charge in [-0.25, -0.2) is 15.0 Å². The van der Waals surface area contributed by atoms with Gasteiger partial charge >= 0.3 is 0 Å². The third-order valence-electron chi connectivity index (χ3n) is 6.35. The van der Waals surface area contributed by atoms with E-state index < -0.39 is 0 Å². The SMILES string of the molecule is CN1CCCN(C(=O)c2c(NC3CC3)c3cncnc3n3c2nc2ccccc23)CC1. The molecule has 8 heteroatoms. The van der Waals surface area contributed by atoms with Crippen molar-refractivity contribution < 1.29 is 4.79 Å². The number of aromatic nitrogens is 4. The van der Waals surface area contributed by atoms with Crippen molar-refractivity contribution in [2.24, 2.45) is 0 Å². The first-order chi connectivity index (χ1) is 15.2. The molecule has 3 aromatic heterocycles. The van der Waals surface area contributed by atoms with Gasteiger partial charge in [-0.05, 0) is 45.0 Å². The lowest BCUT2D eigenvalue weighted by atomic mass is 10.1. The van der Waals surface area contributed by atoms with Gasteiger partial charge in [-0.3, -0.25) is 9.20 Å². The molecular weight excluding hydrogens is 390 g/mol. The van der Waals surface area contributed by atoms with Crippen molar-refractivity contribution in [1.82, 2.24) is 29.2 Å². The Morgan fingerprint density at radius 1 is 1.10 bits per heavy atom. The zero-order valence-corrected chi connectivity index (χ0v) is 17.6. The molecule has 0 unspecified atom stereocenters. The molecule has 6 rings (SSSR count). The Labute approximate surface area is 179 Å². The highest BCUT2D eigenvalue weighted by Gasteiger charge is 2.31. The van der Waals surface area contributed by atoms with Crippen LogP contribution in [0.5, 0.6) is 0 Å². The van der Waals surface area contributed by atoms with E-state index in [9.17, 15) is 4.79 Å². The average molecular weight is 416 g/mol. The van der Waals surface area contributed by atoms with E-state index in [-0.39, 0.29) is 5.91 Å². The van der Waals surface area contributed by atoms with Gasteiger partial charge < -0.3 is 15.1 Å². The fourth-order valence-corrected chi connectivity index (χ4v) is 4.52. The van der Waals surface area contributed by atoms with E-state index in [0.717, 1.165) is 66.7 Å². The molecular formula is C23H25N7O. The van der Waals surface area contributed by atoms with Crippen LogP contribution in [0.4, 0.5) is 5.69 Å².